The second-order valence-corrected chi connectivity index (χ2v) is 5.01. The predicted octanol–water partition coefficient (Wildman–Crippen LogP) is 1.47. The molecule has 0 aromatic heterocycles. The minimum atomic E-state index is -1.22. The summed E-state index contributed by atoms with van der Waals surface area (Å²) in [6.45, 7) is 1.33. The predicted molar refractivity (Wildman–Crippen MR) is 83.4 cm³/mol. The summed E-state index contributed by atoms with van der Waals surface area (Å²) in [5, 5.41) is 20.2. The zero-order chi connectivity index (χ0) is 15.1. The van der Waals surface area contributed by atoms with Crippen molar-refractivity contribution < 1.29 is 19.9 Å². The Morgan fingerprint density at radius 3 is 2.57 bits per heavy atom. The fourth-order valence-corrected chi connectivity index (χ4v) is 1.88. The Bertz CT molecular complexity index is 517. The molecule has 21 heavy (non-hydrogen) atoms. The van der Waals surface area contributed by atoms with Crippen LogP contribution >= 0.6 is 15.9 Å². The summed E-state index contributed by atoms with van der Waals surface area (Å²) in [5.74, 6) is -1.44. The lowest BCUT2D eigenvalue weighted by atomic mass is 10.1. The van der Waals surface area contributed by atoms with Crippen LogP contribution in [0, 0.1) is 0 Å². The van der Waals surface area contributed by atoms with Crippen LogP contribution in [0.5, 0.6) is 0 Å². The van der Waals surface area contributed by atoms with Gasteiger partial charge in [-0.25, -0.2) is 5.48 Å². The molecule has 116 valence electrons. The van der Waals surface area contributed by atoms with E-state index in [1.807, 2.05) is 18.2 Å². The van der Waals surface area contributed by atoms with Gasteiger partial charge < -0.3 is 10.4 Å². The van der Waals surface area contributed by atoms with E-state index < -0.39 is 24.0 Å². The first-order valence-corrected chi connectivity index (χ1v) is 6.59. The van der Waals surface area contributed by atoms with Gasteiger partial charge in [-0.2, -0.15) is 0 Å². The molecule has 2 atom stereocenters. The molecule has 1 aromatic rings. The van der Waals surface area contributed by atoms with Crippen molar-refractivity contribution in [3.8, 4) is 0 Å². The number of benzene rings is 1. The number of hydrogen-bond donors (Lipinski definition) is 4. The van der Waals surface area contributed by atoms with E-state index in [9.17, 15) is 14.7 Å². The number of aliphatic hydroxyl groups is 1. The summed E-state index contributed by atoms with van der Waals surface area (Å²) in [5.41, 5.74) is 2.19. The van der Waals surface area contributed by atoms with E-state index in [1.54, 1.807) is 12.1 Å². The van der Waals surface area contributed by atoms with Crippen LogP contribution in [-0.4, -0.2) is 34.3 Å². The van der Waals surface area contributed by atoms with Crippen molar-refractivity contribution in [2.45, 2.75) is 26.5 Å². The first kappa shape index (κ1) is 19.3. The van der Waals surface area contributed by atoms with Crippen LogP contribution in [0.25, 0.3) is 6.08 Å². The van der Waals surface area contributed by atoms with E-state index in [-0.39, 0.29) is 7.43 Å². The van der Waals surface area contributed by atoms with Gasteiger partial charge in [0.1, 0.15) is 6.04 Å². The van der Waals surface area contributed by atoms with E-state index >= 15 is 0 Å². The van der Waals surface area contributed by atoms with Gasteiger partial charge in [0.05, 0.1) is 6.10 Å². The van der Waals surface area contributed by atoms with Crippen LogP contribution in [0.15, 0.2) is 34.8 Å². The number of carbonyl (C=O) groups is 2. The molecule has 1 rings (SSSR count). The molecule has 0 aliphatic rings. The van der Waals surface area contributed by atoms with Gasteiger partial charge in [0.2, 0.25) is 5.91 Å². The average Bonchev–Trinajstić information content (AvgIpc) is 2.41. The van der Waals surface area contributed by atoms with Crippen molar-refractivity contribution in [2.75, 3.05) is 0 Å². The van der Waals surface area contributed by atoms with Crippen LogP contribution in [0.1, 0.15) is 19.9 Å². The Morgan fingerprint density at radius 2 is 2.05 bits per heavy atom. The van der Waals surface area contributed by atoms with Crippen molar-refractivity contribution in [1.82, 2.24) is 10.8 Å². The molecule has 0 aliphatic heterocycles. The Hall–Kier alpha value is -1.70. The maximum absolute atomic E-state index is 11.7. The molecule has 0 saturated heterocycles. The molecule has 0 fully saturated rings. The van der Waals surface area contributed by atoms with Gasteiger partial charge >= 0.3 is 0 Å². The molecule has 4 N–H and O–H groups in total. The lowest BCUT2D eigenvalue weighted by molar-refractivity contribution is -0.136. The van der Waals surface area contributed by atoms with Gasteiger partial charge in [-0.1, -0.05) is 35.5 Å². The van der Waals surface area contributed by atoms with Gasteiger partial charge in [-0.15, -0.1) is 0 Å². The van der Waals surface area contributed by atoms with E-state index in [4.69, 9.17) is 5.21 Å². The molecular formula is C14H19BrN2O4. The summed E-state index contributed by atoms with van der Waals surface area (Å²) in [4.78, 5) is 22.9. The number of hydroxylamine groups is 1. The maximum atomic E-state index is 11.7. The van der Waals surface area contributed by atoms with Crippen molar-refractivity contribution in [1.29, 1.82) is 0 Å². The van der Waals surface area contributed by atoms with Crippen LogP contribution in [0.3, 0.4) is 0 Å². The lowest BCUT2D eigenvalue weighted by Crippen LogP contribution is -2.51. The SMILES string of the molecule is C.C[C@@H](O)[C@H](NC(=O)/C=C/c1cccc(Br)c1)C(=O)NO. The first-order chi connectivity index (χ1) is 9.43. The largest absolute Gasteiger partial charge is 0.391 e. The fourth-order valence-electron chi connectivity index (χ4n) is 1.46. The highest BCUT2D eigenvalue weighted by atomic mass is 79.9. The molecule has 0 aliphatic carbocycles. The van der Waals surface area contributed by atoms with Crippen LogP contribution in [0.4, 0.5) is 0 Å². The number of carbonyl (C=O) groups excluding carboxylic acids is 2. The smallest absolute Gasteiger partial charge is 0.268 e. The summed E-state index contributed by atoms with van der Waals surface area (Å²) in [6.07, 6.45) is 1.67. The molecule has 0 spiro atoms. The first-order valence-electron chi connectivity index (χ1n) is 5.80. The fraction of sp³-hybridized carbons (Fsp3) is 0.286. The highest BCUT2D eigenvalue weighted by Crippen LogP contribution is 2.12. The number of amides is 2. The second kappa shape index (κ2) is 9.28. The number of nitrogens with one attached hydrogen (secondary N) is 2. The molecule has 7 heteroatoms. The number of rotatable bonds is 5. The molecule has 0 radical (unpaired) electrons. The third kappa shape index (κ3) is 6.52. The van der Waals surface area contributed by atoms with Crippen LogP contribution in [-0.2, 0) is 9.59 Å². The minimum absolute atomic E-state index is 0. The van der Waals surface area contributed by atoms with Gasteiger partial charge in [0.25, 0.3) is 5.91 Å². The van der Waals surface area contributed by atoms with Gasteiger partial charge in [0, 0.05) is 10.5 Å². The molecule has 6 nitrogen and oxygen atoms in total. The summed E-state index contributed by atoms with van der Waals surface area (Å²) < 4.78 is 0.876. The second-order valence-electron chi connectivity index (χ2n) is 4.09. The van der Waals surface area contributed by atoms with Crippen molar-refractivity contribution >= 4 is 33.8 Å². The van der Waals surface area contributed by atoms with E-state index in [1.165, 1.54) is 18.5 Å². The van der Waals surface area contributed by atoms with Gasteiger partial charge in [0.15, 0.2) is 0 Å². The van der Waals surface area contributed by atoms with Crippen LogP contribution < -0.4 is 10.8 Å². The Labute approximate surface area is 131 Å². The zero-order valence-electron chi connectivity index (χ0n) is 10.7. The molecule has 2 amide bonds. The molecule has 0 heterocycles. The third-order valence-corrected chi connectivity index (χ3v) is 2.94. The van der Waals surface area contributed by atoms with Crippen molar-refractivity contribution in [2.24, 2.45) is 0 Å². The van der Waals surface area contributed by atoms with Crippen molar-refractivity contribution in [3.63, 3.8) is 0 Å². The summed E-state index contributed by atoms with van der Waals surface area (Å²) >= 11 is 3.31. The van der Waals surface area contributed by atoms with Gasteiger partial charge in [-0.3, -0.25) is 14.8 Å². The highest BCUT2D eigenvalue weighted by molar-refractivity contribution is 9.10. The molecule has 0 saturated carbocycles. The lowest BCUT2D eigenvalue weighted by Gasteiger charge is -2.18. The molecule has 0 unspecified atom stereocenters. The van der Waals surface area contributed by atoms with Crippen LogP contribution in [0.2, 0.25) is 0 Å². The summed E-state index contributed by atoms with van der Waals surface area (Å²) in [6, 6.07) is 6.07. The zero-order valence-corrected chi connectivity index (χ0v) is 12.3. The summed E-state index contributed by atoms with van der Waals surface area (Å²) in [7, 11) is 0. The maximum Gasteiger partial charge on any atom is 0.268 e. The highest BCUT2D eigenvalue weighted by Gasteiger charge is 2.24. The van der Waals surface area contributed by atoms with Crippen molar-refractivity contribution in [3.05, 3.63) is 40.4 Å². The minimum Gasteiger partial charge on any atom is -0.391 e. The topological polar surface area (TPSA) is 98.7 Å². The number of aliphatic hydroxyl groups excluding tert-OH is 1. The Balaban J connectivity index is 0.00000400. The van der Waals surface area contributed by atoms with Gasteiger partial charge in [-0.05, 0) is 30.7 Å². The normalized spacial score (nSPS) is 13.1. The molecule has 1 aromatic carbocycles. The van der Waals surface area contributed by atoms with E-state index in [2.05, 4.69) is 21.2 Å². The standard InChI is InChI=1S/C13H15BrN2O4.CH4/c1-8(17)12(13(19)16-20)15-11(18)6-5-9-3-2-4-10(14)7-9;/h2-8,12,17,20H,1H3,(H,15,18)(H,16,19);1H4/b6-5+;/t8-,12+;/m1./s1. The monoisotopic (exact) mass is 358 g/mol. The number of halogens is 1. The molecule has 0 bridgehead atoms. The van der Waals surface area contributed by atoms with E-state index in [0.29, 0.717) is 0 Å². The van der Waals surface area contributed by atoms with E-state index in [0.717, 1.165) is 10.0 Å². The Morgan fingerprint density at radius 1 is 1.38 bits per heavy atom. The quantitative estimate of drug-likeness (QED) is 0.364. The Kier molecular flexibility index (Phi) is 8.52. The molecular weight excluding hydrogens is 340 g/mol. The third-order valence-electron chi connectivity index (χ3n) is 2.45. The average molecular weight is 359 g/mol. The number of hydrogen-bond acceptors (Lipinski definition) is 4.